The minimum absolute atomic E-state index is 0.0398. The van der Waals surface area contributed by atoms with E-state index in [0.717, 1.165) is 11.3 Å². The molecule has 1 amide bonds. The van der Waals surface area contributed by atoms with Crippen LogP contribution in [0.2, 0.25) is 0 Å². The van der Waals surface area contributed by atoms with Crippen LogP contribution < -0.4 is 5.73 Å². The van der Waals surface area contributed by atoms with Gasteiger partial charge in [-0.2, -0.15) is 5.10 Å². The quantitative estimate of drug-likeness (QED) is 0.560. The van der Waals surface area contributed by atoms with E-state index in [0.29, 0.717) is 35.9 Å². The standard InChI is InChI=1S/C20H17FN6O2/c21-13-3-1-12(2-4-13)19-20(26(11-24-19)15-9-29-10-15)16-5-6-18-23-8-14(7-17(22)28)27(18)25-16/h1-6,8,11,15H,7,9-10H2,(H2,22,28). The highest BCUT2D eigenvalue weighted by molar-refractivity contribution is 5.78. The number of amides is 1. The lowest BCUT2D eigenvalue weighted by atomic mass is 10.1. The summed E-state index contributed by atoms with van der Waals surface area (Å²) in [6.07, 6.45) is 3.39. The topological polar surface area (TPSA) is 100 Å². The Morgan fingerprint density at radius 1 is 1.17 bits per heavy atom. The molecule has 9 heteroatoms. The molecule has 29 heavy (non-hydrogen) atoms. The molecule has 0 radical (unpaired) electrons. The molecule has 1 saturated heterocycles. The number of halogens is 1. The molecule has 5 rings (SSSR count). The fraction of sp³-hybridized carbons (Fsp3) is 0.200. The van der Waals surface area contributed by atoms with Crippen LogP contribution in [0.15, 0.2) is 48.9 Å². The third kappa shape index (κ3) is 3.05. The molecule has 4 aromatic rings. The summed E-state index contributed by atoms with van der Waals surface area (Å²) in [5.41, 5.74) is 9.50. The monoisotopic (exact) mass is 392 g/mol. The molecular formula is C20H17FN6O2. The van der Waals surface area contributed by atoms with Gasteiger partial charge in [0.15, 0.2) is 5.65 Å². The summed E-state index contributed by atoms with van der Waals surface area (Å²) >= 11 is 0. The number of aromatic nitrogens is 5. The smallest absolute Gasteiger partial charge is 0.223 e. The molecule has 1 aromatic carbocycles. The van der Waals surface area contributed by atoms with Gasteiger partial charge in [-0.15, -0.1) is 0 Å². The minimum Gasteiger partial charge on any atom is -0.377 e. The van der Waals surface area contributed by atoms with E-state index in [-0.39, 0.29) is 18.3 Å². The van der Waals surface area contributed by atoms with Gasteiger partial charge < -0.3 is 15.0 Å². The SMILES string of the molecule is NC(=O)Cc1cnc2ccc(-c3c(-c4ccc(F)cc4)ncn3C3COC3)nn12. The summed E-state index contributed by atoms with van der Waals surface area (Å²) in [5, 5.41) is 4.71. The van der Waals surface area contributed by atoms with Crippen molar-refractivity contribution in [3.05, 3.63) is 60.4 Å². The molecule has 1 aliphatic rings. The lowest BCUT2D eigenvalue weighted by Gasteiger charge is -2.28. The molecule has 0 aliphatic carbocycles. The average Bonchev–Trinajstić information content (AvgIpc) is 3.25. The number of hydrogen-bond acceptors (Lipinski definition) is 5. The molecule has 146 valence electrons. The van der Waals surface area contributed by atoms with Crippen LogP contribution in [0.1, 0.15) is 11.7 Å². The second kappa shape index (κ2) is 6.78. The zero-order valence-electron chi connectivity index (χ0n) is 15.3. The first-order valence-corrected chi connectivity index (χ1v) is 9.13. The molecule has 0 spiro atoms. The van der Waals surface area contributed by atoms with Gasteiger partial charge in [0.1, 0.15) is 11.5 Å². The van der Waals surface area contributed by atoms with Crippen molar-refractivity contribution in [2.24, 2.45) is 5.73 Å². The summed E-state index contributed by atoms with van der Waals surface area (Å²) < 4.78 is 22.4. The van der Waals surface area contributed by atoms with Crippen LogP contribution in [-0.2, 0) is 16.0 Å². The summed E-state index contributed by atoms with van der Waals surface area (Å²) in [6.45, 7) is 1.18. The van der Waals surface area contributed by atoms with E-state index in [1.165, 1.54) is 12.1 Å². The van der Waals surface area contributed by atoms with E-state index in [1.807, 2.05) is 16.7 Å². The predicted molar refractivity (Wildman–Crippen MR) is 102 cm³/mol. The summed E-state index contributed by atoms with van der Waals surface area (Å²) in [7, 11) is 0. The number of nitrogens with zero attached hydrogens (tertiary/aromatic N) is 5. The number of nitrogens with two attached hydrogens (primary N) is 1. The van der Waals surface area contributed by atoms with Crippen LogP contribution in [0.25, 0.3) is 28.3 Å². The highest BCUT2D eigenvalue weighted by atomic mass is 19.1. The Hall–Kier alpha value is -3.59. The van der Waals surface area contributed by atoms with Crippen molar-refractivity contribution < 1.29 is 13.9 Å². The maximum atomic E-state index is 13.4. The van der Waals surface area contributed by atoms with E-state index in [1.54, 1.807) is 29.2 Å². The molecule has 0 unspecified atom stereocenters. The Kier molecular flexibility index (Phi) is 4.09. The van der Waals surface area contributed by atoms with E-state index in [9.17, 15) is 9.18 Å². The molecule has 4 heterocycles. The molecule has 3 aromatic heterocycles. The van der Waals surface area contributed by atoms with Gasteiger partial charge in [-0.05, 0) is 36.4 Å². The molecule has 0 bridgehead atoms. The number of carbonyl (C=O) groups excluding carboxylic acids is 1. The van der Waals surface area contributed by atoms with Crippen LogP contribution in [0, 0.1) is 5.82 Å². The van der Waals surface area contributed by atoms with Crippen LogP contribution in [0.5, 0.6) is 0 Å². The highest BCUT2D eigenvalue weighted by Gasteiger charge is 2.27. The minimum atomic E-state index is -0.456. The van der Waals surface area contributed by atoms with Gasteiger partial charge in [-0.25, -0.2) is 18.9 Å². The normalized spacial score (nSPS) is 14.2. The van der Waals surface area contributed by atoms with Gasteiger partial charge in [0.2, 0.25) is 5.91 Å². The Labute approximate surface area is 164 Å². The largest absolute Gasteiger partial charge is 0.377 e. The van der Waals surface area contributed by atoms with E-state index < -0.39 is 5.91 Å². The van der Waals surface area contributed by atoms with Crippen molar-refractivity contribution in [2.45, 2.75) is 12.5 Å². The van der Waals surface area contributed by atoms with Crippen molar-refractivity contribution in [3.8, 4) is 22.6 Å². The molecule has 1 fully saturated rings. The third-order valence-corrected chi connectivity index (χ3v) is 4.96. The third-order valence-electron chi connectivity index (χ3n) is 4.96. The number of benzene rings is 1. The Bertz CT molecular complexity index is 1210. The molecule has 0 saturated carbocycles. The van der Waals surface area contributed by atoms with Gasteiger partial charge >= 0.3 is 0 Å². The fourth-order valence-electron chi connectivity index (χ4n) is 3.44. The first-order valence-electron chi connectivity index (χ1n) is 9.13. The van der Waals surface area contributed by atoms with Gasteiger partial charge in [-0.1, -0.05) is 0 Å². The summed E-state index contributed by atoms with van der Waals surface area (Å²) in [4.78, 5) is 20.2. The Balaban J connectivity index is 1.68. The number of rotatable bonds is 5. The van der Waals surface area contributed by atoms with Crippen molar-refractivity contribution in [1.82, 2.24) is 24.1 Å². The molecule has 8 nitrogen and oxygen atoms in total. The lowest BCUT2D eigenvalue weighted by molar-refractivity contribution is -0.117. The zero-order valence-corrected chi connectivity index (χ0v) is 15.3. The van der Waals surface area contributed by atoms with Gasteiger partial charge in [0.25, 0.3) is 0 Å². The van der Waals surface area contributed by atoms with Crippen LogP contribution in [0.3, 0.4) is 0 Å². The van der Waals surface area contributed by atoms with Gasteiger partial charge in [0, 0.05) is 5.56 Å². The number of ether oxygens (including phenoxy) is 1. The van der Waals surface area contributed by atoms with Crippen molar-refractivity contribution in [3.63, 3.8) is 0 Å². The number of carbonyl (C=O) groups is 1. The molecule has 0 atom stereocenters. The van der Waals surface area contributed by atoms with Crippen LogP contribution in [0.4, 0.5) is 4.39 Å². The maximum absolute atomic E-state index is 13.4. The molecule has 1 aliphatic heterocycles. The summed E-state index contributed by atoms with van der Waals surface area (Å²) in [5.74, 6) is -0.765. The Morgan fingerprint density at radius 3 is 2.66 bits per heavy atom. The number of primary amides is 1. The van der Waals surface area contributed by atoms with E-state index in [4.69, 9.17) is 15.6 Å². The van der Waals surface area contributed by atoms with E-state index >= 15 is 0 Å². The van der Waals surface area contributed by atoms with Crippen LogP contribution >= 0.6 is 0 Å². The highest BCUT2D eigenvalue weighted by Crippen LogP contribution is 2.34. The first kappa shape index (κ1) is 17.5. The summed E-state index contributed by atoms with van der Waals surface area (Å²) in [6, 6.07) is 10.0. The van der Waals surface area contributed by atoms with E-state index in [2.05, 4.69) is 9.97 Å². The maximum Gasteiger partial charge on any atom is 0.223 e. The van der Waals surface area contributed by atoms with Crippen LogP contribution in [-0.4, -0.2) is 43.3 Å². The zero-order chi connectivity index (χ0) is 20.0. The molecular weight excluding hydrogens is 375 g/mol. The van der Waals surface area contributed by atoms with Gasteiger partial charge in [0.05, 0.1) is 55.3 Å². The molecule has 2 N–H and O–H groups in total. The number of fused-ring (bicyclic) bond motifs is 1. The number of hydrogen-bond donors (Lipinski definition) is 1. The van der Waals surface area contributed by atoms with Gasteiger partial charge in [-0.3, -0.25) is 4.79 Å². The lowest BCUT2D eigenvalue weighted by Crippen LogP contribution is -2.30. The first-order chi connectivity index (χ1) is 14.1. The van der Waals surface area contributed by atoms with Crippen molar-refractivity contribution in [1.29, 1.82) is 0 Å². The average molecular weight is 392 g/mol. The Morgan fingerprint density at radius 2 is 1.97 bits per heavy atom. The number of imidazole rings is 2. The van der Waals surface area contributed by atoms with Crippen molar-refractivity contribution >= 4 is 11.6 Å². The predicted octanol–water partition coefficient (Wildman–Crippen LogP) is 2.00. The second-order valence-corrected chi connectivity index (χ2v) is 6.93. The fourth-order valence-corrected chi connectivity index (χ4v) is 3.44. The van der Waals surface area contributed by atoms with Crippen molar-refractivity contribution in [2.75, 3.05) is 13.2 Å². The second-order valence-electron chi connectivity index (χ2n) is 6.93.